The highest BCUT2D eigenvalue weighted by atomic mass is 16.2. The van der Waals surface area contributed by atoms with E-state index in [1.165, 1.54) is 6.92 Å². The van der Waals surface area contributed by atoms with E-state index in [9.17, 15) is 9.59 Å². The predicted octanol–water partition coefficient (Wildman–Crippen LogP) is 3.86. The Morgan fingerprint density at radius 3 is 2.28 bits per heavy atom. The van der Waals surface area contributed by atoms with Crippen LogP contribution in [0.1, 0.15) is 25.3 Å². The first-order valence-corrected chi connectivity index (χ1v) is 10.9. The molecule has 1 atom stereocenters. The summed E-state index contributed by atoms with van der Waals surface area (Å²) >= 11 is 0. The lowest BCUT2D eigenvalue weighted by Crippen LogP contribution is -2.61. The van der Waals surface area contributed by atoms with Crippen LogP contribution in [-0.2, 0) is 10.2 Å². The molecule has 2 N–H and O–H groups in total. The Balaban J connectivity index is 1.48. The van der Waals surface area contributed by atoms with Gasteiger partial charge in [-0.2, -0.15) is 0 Å². The molecule has 0 radical (unpaired) electrons. The number of aromatic nitrogens is 2. The first-order chi connectivity index (χ1) is 15.6. The van der Waals surface area contributed by atoms with Crippen LogP contribution in [-0.4, -0.2) is 41.5 Å². The number of nitrogens with one attached hydrogen (secondary N) is 2. The van der Waals surface area contributed by atoms with Crippen molar-refractivity contribution in [1.29, 1.82) is 0 Å². The number of rotatable bonds is 2. The molecule has 0 bridgehead atoms. The zero-order valence-corrected chi connectivity index (χ0v) is 18.0. The largest absolute Gasteiger partial charge is 0.436 e. The molecule has 3 aromatic rings. The van der Waals surface area contributed by atoms with E-state index in [4.69, 9.17) is 0 Å². The van der Waals surface area contributed by atoms with E-state index in [0.29, 0.717) is 6.54 Å². The second-order valence-corrected chi connectivity index (χ2v) is 8.63. The summed E-state index contributed by atoms with van der Waals surface area (Å²) in [5, 5.41) is 6.22. The molecule has 3 heterocycles. The van der Waals surface area contributed by atoms with Crippen LogP contribution in [0.25, 0.3) is 11.1 Å². The van der Waals surface area contributed by atoms with Gasteiger partial charge in [0.25, 0.3) is 0 Å². The molecule has 32 heavy (non-hydrogen) atoms. The van der Waals surface area contributed by atoms with Gasteiger partial charge in [-0.25, -0.2) is 24.9 Å². The number of nitrogens with zero attached hydrogens (tertiary/aromatic N) is 3. The number of benzene rings is 2. The average Bonchev–Trinajstić information content (AvgIpc) is 3.12. The van der Waals surface area contributed by atoms with Crippen molar-refractivity contribution in [3.8, 4) is 11.1 Å². The SMILES string of the molecule is CC(=O)[N+]1(C(=O)Nc2ncc(-c3ccccc3)cn2)CC2(CCNCC2)c2ccccc21. The van der Waals surface area contributed by atoms with Gasteiger partial charge in [-0.05, 0) is 31.5 Å². The lowest BCUT2D eigenvalue weighted by atomic mass is 9.75. The summed E-state index contributed by atoms with van der Waals surface area (Å²) in [7, 11) is 0. The molecule has 2 aliphatic heterocycles. The molecular weight excluding hydrogens is 402 g/mol. The van der Waals surface area contributed by atoms with Crippen LogP contribution in [0.15, 0.2) is 67.0 Å². The number of carbonyl (C=O) groups is 2. The summed E-state index contributed by atoms with van der Waals surface area (Å²) in [6, 6.07) is 17.3. The number of hydrogen-bond acceptors (Lipinski definition) is 5. The van der Waals surface area contributed by atoms with Gasteiger partial charge in [0.2, 0.25) is 5.95 Å². The Hall–Kier alpha value is -3.42. The molecule has 2 aromatic carbocycles. The second kappa shape index (κ2) is 7.93. The minimum absolute atomic E-state index is 0.192. The van der Waals surface area contributed by atoms with Crippen LogP contribution < -0.4 is 15.1 Å². The number of amides is 3. The maximum absolute atomic E-state index is 13.7. The van der Waals surface area contributed by atoms with Crippen molar-refractivity contribution in [2.45, 2.75) is 25.2 Å². The lowest BCUT2D eigenvalue weighted by Gasteiger charge is -2.35. The molecule has 7 heteroatoms. The van der Waals surface area contributed by atoms with E-state index in [1.54, 1.807) is 12.4 Å². The predicted molar refractivity (Wildman–Crippen MR) is 124 cm³/mol. The van der Waals surface area contributed by atoms with E-state index in [0.717, 1.165) is 48.3 Å². The first kappa shape index (κ1) is 20.5. The van der Waals surface area contributed by atoms with Gasteiger partial charge in [0.15, 0.2) is 5.69 Å². The number of urea groups is 1. The highest BCUT2D eigenvalue weighted by molar-refractivity contribution is 6.13. The van der Waals surface area contributed by atoms with E-state index >= 15 is 0 Å². The summed E-state index contributed by atoms with van der Waals surface area (Å²) < 4.78 is -0.361. The smallest absolute Gasteiger partial charge is 0.317 e. The number of anilines is 1. The topological polar surface area (TPSA) is 84.0 Å². The van der Waals surface area contributed by atoms with Crippen molar-refractivity contribution in [2.24, 2.45) is 0 Å². The molecule has 1 saturated heterocycles. The fraction of sp³-hybridized carbons (Fsp3) is 0.280. The Morgan fingerprint density at radius 2 is 1.59 bits per heavy atom. The Kier molecular flexibility index (Phi) is 5.07. The molecule has 2 aliphatic rings. The fourth-order valence-electron chi connectivity index (χ4n) is 5.18. The summed E-state index contributed by atoms with van der Waals surface area (Å²) in [5.74, 6) is -0.0107. The van der Waals surface area contributed by atoms with Crippen molar-refractivity contribution in [3.05, 3.63) is 72.6 Å². The minimum atomic E-state index is -0.409. The summed E-state index contributed by atoms with van der Waals surface area (Å²) in [5.41, 5.74) is 3.54. The number of imide groups is 1. The molecule has 3 amide bonds. The fourth-order valence-corrected chi connectivity index (χ4v) is 5.18. The highest BCUT2D eigenvalue weighted by Gasteiger charge is 2.60. The van der Waals surface area contributed by atoms with Crippen molar-refractivity contribution in [2.75, 3.05) is 25.0 Å². The molecule has 162 valence electrons. The Labute approximate surface area is 187 Å². The van der Waals surface area contributed by atoms with Gasteiger partial charge in [-0.15, -0.1) is 4.48 Å². The van der Waals surface area contributed by atoms with Gasteiger partial charge in [0.05, 0.1) is 12.3 Å². The summed E-state index contributed by atoms with van der Waals surface area (Å²) in [4.78, 5) is 35.4. The zero-order chi connectivity index (χ0) is 22.2. The molecule has 1 unspecified atom stereocenters. The summed E-state index contributed by atoms with van der Waals surface area (Å²) in [6.07, 6.45) is 5.16. The van der Waals surface area contributed by atoms with E-state index in [2.05, 4.69) is 26.7 Å². The number of para-hydroxylation sites is 1. The molecule has 7 nitrogen and oxygen atoms in total. The quantitative estimate of drug-likeness (QED) is 0.606. The van der Waals surface area contributed by atoms with E-state index in [-0.39, 0.29) is 21.8 Å². The third-order valence-electron chi connectivity index (χ3n) is 6.85. The van der Waals surface area contributed by atoms with Crippen molar-refractivity contribution >= 4 is 23.6 Å². The van der Waals surface area contributed by atoms with E-state index < -0.39 is 6.03 Å². The maximum atomic E-state index is 13.7. The lowest BCUT2D eigenvalue weighted by molar-refractivity contribution is -0.125. The molecule has 1 spiro atoms. The second-order valence-electron chi connectivity index (χ2n) is 8.63. The maximum Gasteiger partial charge on any atom is 0.436 e. The van der Waals surface area contributed by atoms with Crippen LogP contribution in [0, 0.1) is 0 Å². The number of fused-ring (bicyclic) bond motifs is 2. The number of carbonyl (C=O) groups excluding carboxylic acids is 2. The number of hydrogen-bond donors (Lipinski definition) is 2. The minimum Gasteiger partial charge on any atom is -0.317 e. The van der Waals surface area contributed by atoms with Gasteiger partial charge in [-0.1, -0.05) is 48.5 Å². The number of piperidine rings is 1. The van der Waals surface area contributed by atoms with Crippen LogP contribution in [0.4, 0.5) is 16.4 Å². The molecule has 0 saturated carbocycles. The van der Waals surface area contributed by atoms with Crippen LogP contribution in [0.3, 0.4) is 0 Å². The first-order valence-electron chi connectivity index (χ1n) is 10.9. The molecule has 5 rings (SSSR count). The third kappa shape index (κ3) is 3.21. The van der Waals surface area contributed by atoms with Gasteiger partial charge in [0.1, 0.15) is 6.54 Å². The summed E-state index contributed by atoms with van der Waals surface area (Å²) in [6.45, 7) is 3.67. The molecule has 1 fully saturated rings. The highest BCUT2D eigenvalue weighted by Crippen LogP contribution is 2.50. The van der Waals surface area contributed by atoms with Gasteiger partial charge in [-0.3, -0.25) is 0 Å². The van der Waals surface area contributed by atoms with E-state index in [1.807, 2.05) is 48.5 Å². The zero-order valence-electron chi connectivity index (χ0n) is 18.0. The van der Waals surface area contributed by atoms with Crippen molar-refractivity contribution < 1.29 is 9.59 Å². The third-order valence-corrected chi connectivity index (χ3v) is 6.85. The van der Waals surface area contributed by atoms with Crippen LogP contribution >= 0.6 is 0 Å². The van der Waals surface area contributed by atoms with Gasteiger partial charge in [0, 0.05) is 29.6 Å². The molecule has 1 aromatic heterocycles. The normalized spacial score (nSPS) is 21.2. The van der Waals surface area contributed by atoms with Crippen molar-refractivity contribution in [1.82, 2.24) is 19.8 Å². The van der Waals surface area contributed by atoms with Gasteiger partial charge < -0.3 is 5.32 Å². The van der Waals surface area contributed by atoms with Crippen LogP contribution in [0.5, 0.6) is 0 Å². The van der Waals surface area contributed by atoms with Gasteiger partial charge >= 0.3 is 11.9 Å². The van der Waals surface area contributed by atoms with Crippen molar-refractivity contribution in [3.63, 3.8) is 0 Å². The Morgan fingerprint density at radius 1 is 0.938 bits per heavy atom. The number of quaternary nitrogens is 1. The monoisotopic (exact) mass is 428 g/mol. The Bertz CT molecular complexity index is 1160. The van der Waals surface area contributed by atoms with Crippen LogP contribution in [0.2, 0.25) is 0 Å². The average molecular weight is 429 g/mol. The standard InChI is InChI=1S/C25H25N5O2/c1-18(31)30(17-25(11-13-26-14-12-25)21-9-5-6-10-22(21)30)24(32)29-23-27-15-20(16-28-23)19-7-3-2-4-8-19/h2-10,15-16,26H,11-14,17H2,1H3/p+1. The molecular formula is C25H26N5O2+. The molecule has 0 aliphatic carbocycles.